The molecule has 0 fully saturated rings. The van der Waals surface area contributed by atoms with Crippen LogP contribution in [0.25, 0.3) is 0 Å². The van der Waals surface area contributed by atoms with Crippen LogP contribution in [0.5, 0.6) is 11.5 Å². The Morgan fingerprint density at radius 2 is 1.65 bits per heavy atom. The highest BCUT2D eigenvalue weighted by Crippen LogP contribution is 2.15. The third kappa shape index (κ3) is 9.15. The van der Waals surface area contributed by atoms with Crippen molar-refractivity contribution in [1.82, 2.24) is 10.6 Å². The maximum absolute atomic E-state index is 11.4. The molecular formula is C21H27N3O7. The number of anilines is 1. The number of aliphatic hydroxyl groups excluding tert-OH is 2. The minimum atomic E-state index is -1.48. The van der Waals surface area contributed by atoms with Crippen molar-refractivity contribution in [2.24, 2.45) is 0 Å². The van der Waals surface area contributed by atoms with Crippen molar-refractivity contribution in [2.45, 2.75) is 31.6 Å². The molecule has 2 rings (SSSR count). The maximum Gasteiger partial charge on any atom is 0.255 e. The van der Waals surface area contributed by atoms with Crippen LogP contribution in [0.3, 0.4) is 0 Å². The number of nitrogens with one attached hydrogen (secondary N) is 3. The fourth-order valence-electron chi connectivity index (χ4n) is 2.37. The largest absolute Gasteiger partial charge is 0.508 e. The highest BCUT2D eigenvalue weighted by Gasteiger charge is 2.20. The third-order valence-corrected chi connectivity index (χ3v) is 4.05. The topological polar surface area (TPSA) is 168 Å². The van der Waals surface area contributed by atoms with Gasteiger partial charge in [-0.15, -0.1) is 0 Å². The standard InChI is InChI=1S/C11H14N2O3.C10H13NO4/c1-12-11(16)10(13-7-14)6-8-2-4-9(15)5-3-8;1-6(12)9(14)10(15)11-7-3-2-4-8(13)5-7/h2-5,7,10,15H,6H2,1H3,(H,12,16)(H,13,14);2-6,9,12-14H,1H3,(H,11,15)/t;6?,9-/m.0/s1. The van der Waals surface area contributed by atoms with E-state index in [4.69, 9.17) is 15.3 Å². The molecule has 168 valence electrons. The molecule has 3 atom stereocenters. The zero-order chi connectivity index (χ0) is 23.4. The van der Waals surface area contributed by atoms with Crippen LogP contribution in [-0.4, -0.2) is 63.9 Å². The predicted molar refractivity (Wildman–Crippen MR) is 113 cm³/mol. The van der Waals surface area contributed by atoms with Crippen LogP contribution in [-0.2, 0) is 20.8 Å². The second-order valence-corrected chi connectivity index (χ2v) is 6.55. The Bertz CT molecular complexity index is 856. The van der Waals surface area contributed by atoms with Crippen molar-refractivity contribution in [1.29, 1.82) is 0 Å². The quantitative estimate of drug-likeness (QED) is 0.284. The monoisotopic (exact) mass is 433 g/mol. The molecule has 2 aromatic carbocycles. The summed E-state index contributed by atoms with van der Waals surface area (Å²) in [6, 6.07) is 11.8. The first kappa shape index (κ1) is 25.4. The SMILES string of the molecule is CC(O)[C@H](O)C(=O)Nc1cccc(O)c1.CNC(=O)C(Cc1ccc(O)cc1)NC=O. The molecule has 0 bridgehead atoms. The van der Waals surface area contributed by atoms with E-state index >= 15 is 0 Å². The normalized spacial score (nSPS) is 12.9. The number of likely N-dealkylation sites (N-methyl/N-ethyl adjacent to an activating group) is 1. The summed E-state index contributed by atoms with van der Waals surface area (Å²) in [4.78, 5) is 33.0. The molecule has 0 aromatic heterocycles. The van der Waals surface area contributed by atoms with E-state index < -0.39 is 24.2 Å². The summed E-state index contributed by atoms with van der Waals surface area (Å²) in [6.07, 6.45) is -1.73. The lowest BCUT2D eigenvalue weighted by Crippen LogP contribution is -2.43. The first-order valence-electron chi connectivity index (χ1n) is 9.33. The molecule has 0 radical (unpaired) electrons. The predicted octanol–water partition coefficient (Wildman–Crippen LogP) is -0.132. The highest BCUT2D eigenvalue weighted by atomic mass is 16.3. The number of phenols is 2. The van der Waals surface area contributed by atoms with E-state index in [1.165, 1.54) is 38.2 Å². The Hall–Kier alpha value is -3.63. The van der Waals surface area contributed by atoms with Crippen LogP contribution in [0.1, 0.15) is 12.5 Å². The van der Waals surface area contributed by atoms with E-state index in [1.54, 1.807) is 24.3 Å². The number of amides is 3. The Morgan fingerprint density at radius 3 is 2.16 bits per heavy atom. The van der Waals surface area contributed by atoms with Crippen LogP contribution in [0.15, 0.2) is 48.5 Å². The number of carbonyl (C=O) groups excluding carboxylic acids is 3. The van der Waals surface area contributed by atoms with E-state index in [1.807, 2.05) is 0 Å². The average molecular weight is 433 g/mol. The number of hydrogen-bond acceptors (Lipinski definition) is 7. The van der Waals surface area contributed by atoms with Crippen molar-refractivity contribution in [3.05, 3.63) is 54.1 Å². The summed E-state index contributed by atoms with van der Waals surface area (Å²) >= 11 is 0. The molecule has 7 N–H and O–H groups in total. The van der Waals surface area contributed by atoms with Gasteiger partial charge >= 0.3 is 0 Å². The first-order valence-corrected chi connectivity index (χ1v) is 9.33. The Labute approximate surface area is 179 Å². The molecule has 0 aliphatic carbocycles. The summed E-state index contributed by atoms with van der Waals surface area (Å²) in [7, 11) is 1.51. The molecule has 0 heterocycles. The highest BCUT2D eigenvalue weighted by molar-refractivity contribution is 5.94. The number of hydrogen-bond donors (Lipinski definition) is 7. The summed E-state index contributed by atoms with van der Waals surface area (Å²) in [6.45, 7) is 1.31. The lowest BCUT2D eigenvalue weighted by atomic mass is 10.1. The zero-order valence-electron chi connectivity index (χ0n) is 17.1. The molecule has 3 amide bonds. The minimum Gasteiger partial charge on any atom is -0.508 e. The second kappa shape index (κ2) is 12.8. The Morgan fingerprint density at radius 1 is 1.00 bits per heavy atom. The number of carbonyl (C=O) groups is 3. The van der Waals surface area contributed by atoms with Gasteiger partial charge in [0.15, 0.2) is 6.10 Å². The maximum atomic E-state index is 11.4. The Kier molecular flexibility index (Phi) is 10.5. The molecule has 0 spiro atoms. The van der Waals surface area contributed by atoms with E-state index in [9.17, 15) is 19.5 Å². The third-order valence-electron chi connectivity index (χ3n) is 4.05. The van der Waals surface area contributed by atoms with Gasteiger partial charge in [-0.05, 0) is 36.8 Å². The number of aliphatic hydroxyl groups is 2. The van der Waals surface area contributed by atoms with Gasteiger partial charge in [-0.2, -0.15) is 0 Å². The van der Waals surface area contributed by atoms with Crippen LogP contribution in [0.4, 0.5) is 5.69 Å². The molecule has 0 aliphatic heterocycles. The fraction of sp³-hybridized carbons (Fsp3) is 0.286. The number of rotatable bonds is 8. The molecule has 0 aliphatic rings. The summed E-state index contributed by atoms with van der Waals surface area (Å²) in [5.74, 6) is -0.779. The first-order chi connectivity index (χ1) is 14.7. The van der Waals surface area contributed by atoms with E-state index in [2.05, 4.69) is 16.0 Å². The van der Waals surface area contributed by atoms with Gasteiger partial charge in [0.25, 0.3) is 5.91 Å². The average Bonchev–Trinajstić information content (AvgIpc) is 2.74. The van der Waals surface area contributed by atoms with Gasteiger partial charge in [0.2, 0.25) is 12.3 Å². The number of phenolic OH excluding ortho intramolecular Hbond substituents is 2. The van der Waals surface area contributed by atoms with Gasteiger partial charge in [-0.1, -0.05) is 18.2 Å². The molecule has 0 saturated carbocycles. The lowest BCUT2D eigenvalue weighted by Gasteiger charge is -2.14. The van der Waals surface area contributed by atoms with Gasteiger partial charge in [0, 0.05) is 25.2 Å². The number of aromatic hydroxyl groups is 2. The molecule has 0 saturated heterocycles. The van der Waals surface area contributed by atoms with E-state index in [0.29, 0.717) is 18.5 Å². The van der Waals surface area contributed by atoms with Gasteiger partial charge in [0.05, 0.1) is 6.10 Å². The zero-order valence-corrected chi connectivity index (χ0v) is 17.1. The second-order valence-electron chi connectivity index (χ2n) is 6.55. The summed E-state index contributed by atoms with van der Waals surface area (Å²) in [5, 5.41) is 43.6. The molecule has 10 nitrogen and oxygen atoms in total. The molecular weight excluding hydrogens is 406 g/mol. The van der Waals surface area contributed by atoms with Gasteiger partial charge < -0.3 is 36.4 Å². The summed E-state index contributed by atoms with van der Waals surface area (Å²) < 4.78 is 0. The van der Waals surface area contributed by atoms with Crippen LogP contribution in [0, 0.1) is 0 Å². The van der Waals surface area contributed by atoms with Crippen molar-refractivity contribution < 1.29 is 34.8 Å². The number of benzene rings is 2. The smallest absolute Gasteiger partial charge is 0.255 e. The van der Waals surface area contributed by atoms with Gasteiger partial charge in [0.1, 0.15) is 17.5 Å². The van der Waals surface area contributed by atoms with Crippen molar-refractivity contribution in [3.63, 3.8) is 0 Å². The molecule has 10 heteroatoms. The van der Waals surface area contributed by atoms with E-state index in [0.717, 1.165) is 5.56 Å². The van der Waals surface area contributed by atoms with E-state index in [-0.39, 0.29) is 17.4 Å². The Balaban J connectivity index is 0.000000311. The van der Waals surface area contributed by atoms with Crippen molar-refractivity contribution >= 4 is 23.9 Å². The van der Waals surface area contributed by atoms with Crippen LogP contribution >= 0.6 is 0 Å². The molecule has 31 heavy (non-hydrogen) atoms. The summed E-state index contributed by atoms with van der Waals surface area (Å²) in [5.41, 5.74) is 1.22. The molecule has 2 aromatic rings. The van der Waals surface area contributed by atoms with Gasteiger partial charge in [-0.25, -0.2) is 0 Å². The fourth-order valence-corrected chi connectivity index (χ4v) is 2.37. The lowest BCUT2D eigenvalue weighted by molar-refractivity contribution is -0.129. The minimum absolute atomic E-state index is 0.0133. The van der Waals surface area contributed by atoms with Crippen molar-refractivity contribution in [3.8, 4) is 11.5 Å². The van der Waals surface area contributed by atoms with Gasteiger partial charge in [-0.3, -0.25) is 14.4 Å². The van der Waals surface area contributed by atoms with Crippen LogP contribution < -0.4 is 16.0 Å². The van der Waals surface area contributed by atoms with Crippen molar-refractivity contribution in [2.75, 3.05) is 12.4 Å². The molecule has 2 unspecified atom stereocenters. The van der Waals surface area contributed by atoms with Crippen LogP contribution in [0.2, 0.25) is 0 Å².